The smallest absolute Gasteiger partial charge is 0.262 e. The number of anilines is 2. The maximum absolute atomic E-state index is 13.1. The molecule has 0 fully saturated rings. The molecule has 1 aromatic heterocycles. The van der Waals surface area contributed by atoms with Crippen molar-refractivity contribution in [2.75, 3.05) is 10.0 Å². The zero-order valence-corrected chi connectivity index (χ0v) is 20.6. The predicted molar refractivity (Wildman–Crippen MR) is 143 cm³/mol. The number of nitrogens with one attached hydrogen (secondary N) is 3. The molecule has 0 aliphatic heterocycles. The first-order valence-corrected chi connectivity index (χ1v) is 12.8. The zero-order valence-electron chi connectivity index (χ0n) is 19.7. The van der Waals surface area contributed by atoms with E-state index in [4.69, 9.17) is 0 Å². The van der Waals surface area contributed by atoms with Crippen LogP contribution in [-0.2, 0) is 10.0 Å². The number of aryl methyl sites for hydroxylation is 2. The second-order valence-electron chi connectivity index (χ2n) is 8.55. The van der Waals surface area contributed by atoms with Gasteiger partial charge in [-0.05, 0) is 79.6 Å². The summed E-state index contributed by atoms with van der Waals surface area (Å²) in [4.78, 5) is 21.1. The Morgan fingerprint density at radius 2 is 1.58 bits per heavy atom. The Kier molecular flexibility index (Phi) is 6.03. The lowest BCUT2D eigenvalue weighted by molar-refractivity contribution is 0.102. The molecule has 36 heavy (non-hydrogen) atoms. The van der Waals surface area contributed by atoms with Crippen LogP contribution in [0.2, 0.25) is 0 Å². The van der Waals surface area contributed by atoms with Crippen LogP contribution in [0.15, 0.2) is 95.9 Å². The van der Waals surface area contributed by atoms with E-state index in [0.29, 0.717) is 11.3 Å². The van der Waals surface area contributed by atoms with Gasteiger partial charge in [0.05, 0.1) is 27.2 Å². The summed E-state index contributed by atoms with van der Waals surface area (Å²) in [7, 11) is -3.88. The van der Waals surface area contributed by atoms with Gasteiger partial charge >= 0.3 is 0 Å². The normalized spacial score (nSPS) is 11.4. The molecule has 0 radical (unpaired) electrons. The first kappa shape index (κ1) is 23.3. The van der Waals surface area contributed by atoms with E-state index in [1.165, 1.54) is 0 Å². The largest absolute Gasteiger partial charge is 0.338 e. The number of benzene rings is 4. The number of sulfonamides is 1. The van der Waals surface area contributed by atoms with Gasteiger partial charge < -0.3 is 10.3 Å². The van der Waals surface area contributed by atoms with Crippen molar-refractivity contribution in [2.45, 2.75) is 18.7 Å². The van der Waals surface area contributed by atoms with Crippen LogP contribution in [0.5, 0.6) is 0 Å². The highest BCUT2D eigenvalue weighted by Crippen LogP contribution is 2.25. The van der Waals surface area contributed by atoms with Gasteiger partial charge in [-0.3, -0.25) is 9.52 Å². The van der Waals surface area contributed by atoms with Gasteiger partial charge in [0, 0.05) is 11.3 Å². The molecular formula is C28H24N4O3S. The Bertz CT molecular complexity index is 1660. The SMILES string of the molecule is Cc1ccc(C)c(S(=O)(=O)Nc2ccccc2C(=O)Nc2ccc(-c3nc4ccccc4[nH]3)cc2)c1. The number of imidazole rings is 1. The summed E-state index contributed by atoms with van der Waals surface area (Å²) in [6.07, 6.45) is 0. The van der Waals surface area contributed by atoms with Crippen LogP contribution >= 0.6 is 0 Å². The van der Waals surface area contributed by atoms with E-state index in [2.05, 4.69) is 20.0 Å². The van der Waals surface area contributed by atoms with Crippen LogP contribution < -0.4 is 10.0 Å². The van der Waals surface area contributed by atoms with Crippen LogP contribution in [-0.4, -0.2) is 24.3 Å². The van der Waals surface area contributed by atoms with Crippen LogP contribution in [0.4, 0.5) is 11.4 Å². The summed E-state index contributed by atoms with van der Waals surface area (Å²) in [5, 5.41) is 2.85. The summed E-state index contributed by atoms with van der Waals surface area (Å²) in [5.74, 6) is 0.311. The summed E-state index contributed by atoms with van der Waals surface area (Å²) in [5.41, 5.74) is 5.16. The monoisotopic (exact) mass is 496 g/mol. The Hall–Kier alpha value is -4.43. The minimum atomic E-state index is -3.88. The molecule has 8 heteroatoms. The van der Waals surface area contributed by atoms with Crippen molar-refractivity contribution in [3.8, 4) is 11.4 Å². The predicted octanol–water partition coefficient (Wildman–Crippen LogP) is 5.90. The Morgan fingerprint density at radius 3 is 2.36 bits per heavy atom. The van der Waals surface area contributed by atoms with E-state index < -0.39 is 15.9 Å². The summed E-state index contributed by atoms with van der Waals surface area (Å²) < 4.78 is 28.8. The minimum Gasteiger partial charge on any atom is -0.338 e. The maximum atomic E-state index is 13.1. The number of carbonyl (C=O) groups excluding carboxylic acids is 1. The number of para-hydroxylation sites is 3. The standard InChI is InChI=1S/C28H24N4O3S/c1-18-11-12-19(2)26(17-18)36(34,35)32-23-8-4-3-7-22(23)28(33)29-21-15-13-20(14-16-21)27-30-24-9-5-6-10-25(24)31-27/h3-17,32H,1-2H3,(H,29,33)(H,30,31). The first-order chi connectivity index (χ1) is 17.3. The van der Waals surface area contributed by atoms with Gasteiger partial charge in [-0.1, -0.05) is 36.4 Å². The van der Waals surface area contributed by atoms with Crippen LogP contribution in [0.1, 0.15) is 21.5 Å². The number of amides is 1. The number of nitrogens with zero attached hydrogens (tertiary/aromatic N) is 1. The van der Waals surface area contributed by atoms with Crippen molar-refractivity contribution in [3.63, 3.8) is 0 Å². The third-order valence-corrected chi connectivity index (χ3v) is 7.36. The summed E-state index contributed by atoms with van der Waals surface area (Å²) in [6.45, 7) is 3.57. The average Bonchev–Trinajstić information content (AvgIpc) is 3.30. The fourth-order valence-corrected chi connectivity index (χ4v) is 5.38. The molecule has 0 saturated carbocycles. The van der Waals surface area contributed by atoms with Crippen molar-refractivity contribution in [1.82, 2.24) is 9.97 Å². The average molecular weight is 497 g/mol. The molecule has 1 heterocycles. The van der Waals surface area contributed by atoms with Crippen LogP contribution in [0, 0.1) is 13.8 Å². The van der Waals surface area contributed by atoms with Crippen molar-refractivity contribution in [2.24, 2.45) is 0 Å². The number of aromatic amines is 1. The molecule has 0 aliphatic carbocycles. The van der Waals surface area contributed by atoms with E-state index in [-0.39, 0.29) is 16.1 Å². The number of hydrogen-bond donors (Lipinski definition) is 3. The van der Waals surface area contributed by atoms with E-state index >= 15 is 0 Å². The highest BCUT2D eigenvalue weighted by Gasteiger charge is 2.20. The van der Waals surface area contributed by atoms with Gasteiger partial charge in [-0.15, -0.1) is 0 Å². The first-order valence-electron chi connectivity index (χ1n) is 11.4. The number of hydrogen-bond acceptors (Lipinski definition) is 4. The molecule has 0 spiro atoms. The lowest BCUT2D eigenvalue weighted by Gasteiger charge is -2.14. The summed E-state index contributed by atoms with van der Waals surface area (Å²) in [6, 6.07) is 26.8. The third kappa shape index (κ3) is 4.71. The molecule has 180 valence electrons. The number of rotatable bonds is 6. The van der Waals surface area contributed by atoms with Crippen molar-refractivity contribution < 1.29 is 13.2 Å². The fraction of sp³-hybridized carbons (Fsp3) is 0.0714. The van der Waals surface area contributed by atoms with E-state index in [0.717, 1.165) is 28.0 Å². The highest BCUT2D eigenvalue weighted by molar-refractivity contribution is 7.92. The highest BCUT2D eigenvalue weighted by atomic mass is 32.2. The van der Waals surface area contributed by atoms with Gasteiger partial charge in [0.25, 0.3) is 15.9 Å². The number of aromatic nitrogens is 2. The Balaban J connectivity index is 1.36. The van der Waals surface area contributed by atoms with E-state index in [1.54, 1.807) is 55.5 Å². The molecule has 5 aromatic rings. The Labute approximate surface area is 209 Å². The van der Waals surface area contributed by atoms with E-state index in [9.17, 15) is 13.2 Å². The molecule has 0 saturated heterocycles. The molecule has 3 N–H and O–H groups in total. The molecule has 0 atom stereocenters. The van der Waals surface area contributed by atoms with Gasteiger partial charge in [-0.2, -0.15) is 0 Å². The third-order valence-electron chi connectivity index (χ3n) is 5.85. The number of fused-ring (bicyclic) bond motifs is 1. The minimum absolute atomic E-state index is 0.180. The lowest BCUT2D eigenvalue weighted by Crippen LogP contribution is -2.19. The molecule has 4 aromatic carbocycles. The van der Waals surface area contributed by atoms with Crippen molar-refractivity contribution in [1.29, 1.82) is 0 Å². The van der Waals surface area contributed by atoms with Crippen molar-refractivity contribution in [3.05, 3.63) is 108 Å². The molecule has 1 amide bonds. The molecule has 0 unspecified atom stereocenters. The van der Waals surface area contributed by atoms with Crippen LogP contribution in [0.3, 0.4) is 0 Å². The topological polar surface area (TPSA) is 104 Å². The number of H-pyrrole nitrogens is 1. The second-order valence-corrected chi connectivity index (χ2v) is 10.2. The fourth-order valence-electron chi connectivity index (χ4n) is 3.97. The van der Waals surface area contributed by atoms with Gasteiger partial charge in [0.1, 0.15) is 5.82 Å². The Morgan fingerprint density at radius 1 is 0.861 bits per heavy atom. The summed E-state index contributed by atoms with van der Waals surface area (Å²) >= 11 is 0. The second kappa shape index (κ2) is 9.31. The molecule has 5 rings (SSSR count). The lowest BCUT2D eigenvalue weighted by atomic mass is 10.1. The molecule has 0 aliphatic rings. The van der Waals surface area contributed by atoms with E-state index in [1.807, 2.05) is 49.4 Å². The van der Waals surface area contributed by atoms with Gasteiger partial charge in [-0.25, -0.2) is 13.4 Å². The van der Waals surface area contributed by atoms with Gasteiger partial charge in [0.2, 0.25) is 0 Å². The van der Waals surface area contributed by atoms with Crippen LogP contribution in [0.25, 0.3) is 22.4 Å². The molecular weight excluding hydrogens is 472 g/mol. The quantitative estimate of drug-likeness (QED) is 0.272. The van der Waals surface area contributed by atoms with Crippen molar-refractivity contribution >= 4 is 38.3 Å². The number of carbonyl (C=O) groups is 1. The maximum Gasteiger partial charge on any atom is 0.262 e. The zero-order chi connectivity index (χ0) is 25.3. The van der Waals surface area contributed by atoms with Gasteiger partial charge in [0.15, 0.2) is 0 Å². The molecule has 0 bridgehead atoms. The molecule has 7 nitrogen and oxygen atoms in total.